The normalized spacial score (nSPS) is 18.5. The number of carbonyl (C=O) groups excluding carboxylic acids is 2. The number of nitrogens with zero attached hydrogens (tertiary/aromatic N) is 1. The van der Waals surface area contributed by atoms with Crippen LogP contribution in [-0.4, -0.2) is 23.9 Å². The molecule has 1 N–H and O–H groups in total. The lowest BCUT2D eigenvalue weighted by atomic mass is 9.99. The summed E-state index contributed by atoms with van der Waals surface area (Å²) < 4.78 is 5.32. The number of rotatable bonds is 4. The van der Waals surface area contributed by atoms with Crippen molar-refractivity contribution in [2.75, 3.05) is 12.0 Å². The van der Waals surface area contributed by atoms with Crippen molar-refractivity contribution in [1.29, 1.82) is 0 Å². The van der Waals surface area contributed by atoms with Crippen LogP contribution < -0.4 is 9.64 Å². The number of aliphatic hydroxyl groups excluding tert-OH is 1. The number of amides is 1. The minimum Gasteiger partial charge on any atom is -0.507 e. The number of anilines is 1. The lowest BCUT2D eigenvalue weighted by Crippen LogP contribution is -2.29. The number of carbonyl (C=O) groups is 2. The average molecular weight is 391 g/mol. The summed E-state index contributed by atoms with van der Waals surface area (Å²) in [5.41, 5.74) is 1.03. The number of ether oxygens (including phenoxy) is 1. The molecule has 28 heavy (non-hydrogen) atoms. The molecular formula is C22H17NO4S. The molecule has 0 radical (unpaired) electrons. The van der Waals surface area contributed by atoms with E-state index >= 15 is 0 Å². The summed E-state index contributed by atoms with van der Waals surface area (Å²) in [5.74, 6) is -1.20. The van der Waals surface area contributed by atoms with Crippen molar-refractivity contribution >= 4 is 34.5 Å². The number of ketones is 1. The second-order valence-corrected chi connectivity index (χ2v) is 7.20. The van der Waals surface area contributed by atoms with E-state index in [-0.39, 0.29) is 11.3 Å². The van der Waals surface area contributed by atoms with E-state index < -0.39 is 17.7 Å². The molecule has 0 saturated carbocycles. The second kappa shape index (κ2) is 7.32. The Labute approximate surface area is 166 Å². The van der Waals surface area contributed by atoms with Gasteiger partial charge in [-0.25, -0.2) is 0 Å². The summed E-state index contributed by atoms with van der Waals surface area (Å²) in [7, 11) is 1.49. The van der Waals surface area contributed by atoms with E-state index in [0.717, 1.165) is 4.88 Å². The molecule has 0 bridgehead atoms. The van der Waals surface area contributed by atoms with Crippen molar-refractivity contribution in [2.24, 2.45) is 0 Å². The van der Waals surface area contributed by atoms with E-state index in [4.69, 9.17) is 4.74 Å². The van der Waals surface area contributed by atoms with E-state index in [1.54, 1.807) is 48.5 Å². The number of thiophene rings is 1. The van der Waals surface area contributed by atoms with Crippen LogP contribution in [0.2, 0.25) is 0 Å². The maximum absolute atomic E-state index is 13.0. The monoisotopic (exact) mass is 391 g/mol. The highest BCUT2D eigenvalue weighted by atomic mass is 32.1. The summed E-state index contributed by atoms with van der Waals surface area (Å²) in [4.78, 5) is 28.1. The molecule has 1 aliphatic rings. The van der Waals surface area contributed by atoms with E-state index in [2.05, 4.69) is 0 Å². The van der Waals surface area contributed by atoms with Crippen LogP contribution in [0.5, 0.6) is 5.75 Å². The molecule has 140 valence electrons. The first kappa shape index (κ1) is 18.0. The molecule has 1 unspecified atom stereocenters. The van der Waals surface area contributed by atoms with Gasteiger partial charge in [-0.3, -0.25) is 14.5 Å². The zero-order valence-electron chi connectivity index (χ0n) is 15.0. The van der Waals surface area contributed by atoms with Crippen molar-refractivity contribution in [3.05, 3.63) is 88.1 Å². The van der Waals surface area contributed by atoms with Gasteiger partial charge in [0.1, 0.15) is 17.6 Å². The number of methoxy groups -OCH3 is 1. The van der Waals surface area contributed by atoms with Gasteiger partial charge in [-0.05, 0) is 35.7 Å². The Balaban J connectivity index is 1.95. The molecule has 6 heteroatoms. The zero-order chi connectivity index (χ0) is 19.7. The van der Waals surface area contributed by atoms with Crippen LogP contribution >= 0.6 is 11.3 Å². The standard InChI is InChI=1S/C22H17NO4S/c1-27-16-11-6-5-10-15(16)20(24)18-19(17-12-7-13-28-17)23(22(26)21(18)25)14-8-3-2-4-9-14/h2-13,19,24H,1H3/b20-18-. The summed E-state index contributed by atoms with van der Waals surface area (Å²) >= 11 is 1.43. The number of Topliss-reactive ketones (excluding diaryl/α,β-unsaturated/α-hetero) is 1. The fourth-order valence-electron chi connectivity index (χ4n) is 3.39. The lowest BCUT2D eigenvalue weighted by molar-refractivity contribution is -0.132. The van der Waals surface area contributed by atoms with Gasteiger partial charge in [0.25, 0.3) is 11.7 Å². The SMILES string of the molecule is COc1ccccc1/C(O)=C1/C(=O)C(=O)N(c2ccccc2)C1c1cccs1. The molecule has 0 aliphatic carbocycles. The summed E-state index contributed by atoms with van der Waals surface area (Å²) in [5, 5.41) is 12.9. The van der Waals surface area contributed by atoms with Gasteiger partial charge < -0.3 is 9.84 Å². The Morgan fingerprint density at radius 2 is 1.71 bits per heavy atom. The van der Waals surface area contributed by atoms with Crippen molar-refractivity contribution in [3.8, 4) is 5.75 Å². The number of aliphatic hydroxyl groups is 1. The summed E-state index contributed by atoms with van der Waals surface area (Å²) in [6.07, 6.45) is 0. The van der Waals surface area contributed by atoms with E-state index in [1.807, 2.05) is 23.6 Å². The molecule has 3 aromatic rings. The van der Waals surface area contributed by atoms with Crippen molar-refractivity contribution < 1.29 is 19.4 Å². The number of para-hydroxylation sites is 2. The third-order valence-corrected chi connectivity index (χ3v) is 5.58. The summed E-state index contributed by atoms with van der Waals surface area (Å²) in [6.45, 7) is 0. The van der Waals surface area contributed by atoms with Crippen LogP contribution in [0.3, 0.4) is 0 Å². The summed E-state index contributed by atoms with van der Waals surface area (Å²) in [6, 6.07) is 18.9. The Hall–Kier alpha value is -3.38. The number of hydrogen-bond donors (Lipinski definition) is 1. The molecular weight excluding hydrogens is 374 g/mol. The van der Waals surface area contributed by atoms with Crippen LogP contribution in [0.15, 0.2) is 77.7 Å². The van der Waals surface area contributed by atoms with Crippen LogP contribution in [0.25, 0.3) is 5.76 Å². The number of benzene rings is 2. The van der Waals surface area contributed by atoms with Gasteiger partial charge in [0.2, 0.25) is 0 Å². The highest BCUT2D eigenvalue weighted by Gasteiger charge is 2.47. The molecule has 1 saturated heterocycles. The van der Waals surface area contributed by atoms with Gasteiger partial charge in [-0.15, -0.1) is 11.3 Å². The third-order valence-electron chi connectivity index (χ3n) is 4.65. The largest absolute Gasteiger partial charge is 0.507 e. The second-order valence-electron chi connectivity index (χ2n) is 6.22. The Kier molecular flexibility index (Phi) is 4.71. The Morgan fingerprint density at radius 1 is 1.00 bits per heavy atom. The van der Waals surface area contributed by atoms with Crippen LogP contribution in [0, 0.1) is 0 Å². The van der Waals surface area contributed by atoms with Crippen molar-refractivity contribution in [1.82, 2.24) is 0 Å². The average Bonchev–Trinajstić information content (AvgIpc) is 3.35. The van der Waals surface area contributed by atoms with Crippen molar-refractivity contribution in [2.45, 2.75) is 6.04 Å². The molecule has 2 aromatic carbocycles. The van der Waals surface area contributed by atoms with Gasteiger partial charge in [0.05, 0.1) is 18.2 Å². The van der Waals surface area contributed by atoms with Gasteiger partial charge in [0.15, 0.2) is 0 Å². The van der Waals surface area contributed by atoms with E-state index in [1.165, 1.54) is 23.3 Å². The molecule has 1 aliphatic heterocycles. The van der Waals surface area contributed by atoms with Gasteiger partial charge >= 0.3 is 0 Å². The van der Waals surface area contributed by atoms with Crippen LogP contribution in [0.4, 0.5) is 5.69 Å². The first-order chi connectivity index (χ1) is 13.6. The lowest BCUT2D eigenvalue weighted by Gasteiger charge is -2.24. The maximum Gasteiger partial charge on any atom is 0.300 e. The van der Waals surface area contributed by atoms with Gasteiger partial charge in [-0.1, -0.05) is 36.4 Å². The molecule has 5 nitrogen and oxygen atoms in total. The molecule has 1 fully saturated rings. The van der Waals surface area contributed by atoms with Gasteiger partial charge in [0, 0.05) is 10.6 Å². The molecule has 1 atom stereocenters. The molecule has 1 amide bonds. The van der Waals surface area contributed by atoms with E-state index in [0.29, 0.717) is 17.0 Å². The fraction of sp³-hybridized carbons (Fsp3) is 0.0909. The topological polar surface area (TPSA) is 66.8 Å². The highest BCUT2D eigenvalue weighted by molar-refractivity contribution is 7.10. The van der Waals surface area contributed by atoms with Crippen LogP contribution in [0.1, 0.15) is 16.5 Å². The zero-order valence-corrected chi connectivity index (χ0v) is 15.8. The first-order valence-electron chi connectivity index (χ1n) is 8.66. The predicted octanol–water partition coefficient (Wildman–Crippen LogP) is 4.38. The Morgan fingerprint density at radius 3 is 2.39 bits per heavy atom. The first-order valence-corrected chi connectivity index (χ1v) is 9.54. The van der Waals surface area contributed by atoms with E-state index in [9.17, 15) is 14.7 Å². The predicted molar refractivity (Wildman–Crippen MR) is 109 cm³/mol. The highest BCUT2D eigenvalue weighted by Crippen LogP contribution is 2.44. The Bertz CT molecular complexity index is 1060. The smallest absolute Gasteiger partial charge is 0.300 e. The molecule has 2 heterocycles. The quantitative estimate of drug-likeness (QED) is 0.407. The minimum atomic E-state index is -0.717. The number of hydrogen-bond acceptors (Lipinski definition) is 5. The van der Waals surface area contributed by atoms with Crippen molar-refractivity contribution in [3.63, 3.8) is 0 Å². The molecule has 1 aromatic heterocycles. The maximum atomic E-state index is 13.0. The minimum absolute atomic E-state index is 0.0563. The fourth-order valence-corrected chi connectivity index (χ4v) is 4.21. The van der Waals surface area contributed by atoms with Crippen LogP contribution in [-0.2, 0) is 9.59 Å². The third kappa shape index (κ3) is 2.88. The van der Waals surface area contributed by atoms with Gasteiger partial charge in [-0.2, -0.15) is 0 Å². The molecule has 0 spiro atoms. The molecule has 4 rings (SSSR count).